The minimum absolute atomic E-state index is 0.106. The normalized spacial score (nSPS) is 13.8. The van der Waals surface area contributed by atoms with Crippen molar-refractivity contribution < 1.29 is 9.13 Å². The highest BCUT2D eigenvalue weighted by molar-refractivity contribution is 6.33. The first-order valence-electron chi connectivity index (χ1n) is 8.12. The second-order valence-corrected chi connectivity index (χ2v) is 6.51. The number of benzene rings is 1. The van der Waals surface area contributed by atoms with E-state index in [1.54, 1.807) is 12.3 Å². The van der Waals surface area contributed by atoms with E-state index in [1.807, 2.05) is 0 Å². The van der Waals surface area contributed by atoms with Gasteiger partial charge in [0.15, 0.2) is 11.6 Å². The number of nitrogens with zero attached hydrogens (tertiary/aromatic N) is 1. The van der Waals surface area contributed by atoms with E-state index in [4.69, 9.17) is 22.1 Å². The summed E-state index contributed by atoms with van der Waals surface area (Å²) >= 11 is 6.26. The number of aromatic nitrogens is 1. The Morgan fingerprint density at radius 2 is 2.17 bits per heavy atom. The summed E-state index contributed by atoms with van der Waals surface area (Å²) in [6.07, 6.45) is 6.69. The SMILES string of the molecule is COc1cc(Cl)c(-c2ccnc(NCCCC3CC3)c2N)cc1F. The van der Waals surface area contributed by atoms with Crippen LogP contribution in [0.5, 0.6) is 5.75 Å². The lowest BCUT2D eigenvalue weighted by Crippen LogP contribution is -2.07. The lowest BCUT2D eigenvalue weighted by atomic mass is 10.0. The molecule has 2 aromatic rings. The van der Waals surface area contributed by atoms with Crippen molar-refractivity contribution in [3.8, 4) is 16.9 Å². The molecule has 6 heteroatoms. The zero-order valence-corrected chi connectivity index (χ0v) is 14.4. The molecule has 4 nitrogen and oxygen atoms in total. The molecular weight excluding hydrogens is 329 g/mol. The summed E-state index contributed by atoms with van der Waals surface area (Å²) in [7, 11) is 1.40. The number of methoxy groups -OCH3 is 1. The Bertz CT molecular complexity index is 734. The van der Waals surface area contributed by atoms with E-state index in [0.717, 1.165) is 18.9 Å². The van der Waals surface area contributed by atoms with Crippen LogP contribution in [0.25, 0.3) is 11.1 Å². The summed E-state index contributed by atoms with van der Waals surface area (Å²) in [6, 6.07) is 4.52. The van der Waals surface area contributed by atoms with Crippen LogP contribution in [0.1, 0.15) is 25.7 Å². The molecule has 1 aromatic carbocycles. The molecule has 1 fully saturated rings. The fourth-order valence-corrected chi connectivity index (χ4v) is 3.00. The topological polar surface area (TPSA) is 60.2 Å². The zero-order valence-electron chi connectivity index (χ0n) is 13.6. The van der Waals surface area contributed by atoms with Crippen LogP contribution in [-0.4, -0.2) is 18.6 Å². The average molecular weight is 350 g/mol. The third-order valence-electron chi connectivity index (χ3n) is 4.30. The van der Waals surface area contributed by atoms with E-state index >= 15 is 0 Å². The summed E-state index contributed by atoms with van der Waals surface area (Å²) in [4.78, 5) is 4.28. The molecule has 0 amide bonds. The minimum atomic E-state index is -0.480. The number of anilines is 2. The standard InChI is InChI=1S/C18H21ClFN3O/c1-24-16-10-14(19)13(9-15(16)20)12-6-8-23-18(17(12)21)22-7-2-3-11-4-5-11/h6,8-11H,2-5,7,21H2,1H3,(H,22,23). The Hall–Kier alpha value is -2.01. The average Bonchev–Trinajstić information content (AvgIpc) is 3.39. The Balaban J connectivity index is 1.80. The lowest BCUT2D eigenvalue weighted by Gasteiger charge is -2.14. The predicted octanol–water partition coefficient (Wildman–Crippen LogP) is 4.73. The van der Waals surface area contributed by atoms with Gasteiger partial charge in [-0.25, -0.2) is 9.37 Å². The van der Waals surface area contributed by atoms with Crippen LogP contribution in [0.2, 0.25) is 5.02 Å². The smallest absolute Gasteiger partial charge is 0.165 e. The van der Waals surface area contributed by atoms with Crippen molar-refractivity contribution in [2.24, 2.45) is 5.92 Å². The molecule has 0 bridgehead atoms. The van der Waals surface area contributed by atoms with Crippen LogP contribution in [0.3, 0.4) is 0 Å². The molecule has 128 valence electrons. The van der Waals surface area contributed by atoms with Gasteiger partial charge in [-0.3, -0.25) is 0 Å². The molecule has 0 spiro atoms. The van der Waals surface area contributed by atoms with E-state index in [-0.39, 0.29) is 5.75 Å². The molecule has 0 atom stereocenters. The molecule has 24 heavy (non-hydrogen) atoms. The predicted molar refractivity (Wildman–Crippen MR) is 96.1 cm³/mol. The van der Waals surface area contributed by atoms with Crippen molar-refractivity contribution in [1.82, 2.24) is 4.98 Å². The van der Waals surface area contributed by atoms with Gasteiger partial charge in [0.25, 0.3) is 0 Å². The number of halogens is 2. The maximum Gasteiger partial charge on any atom is 0.165 e. The van der Waals surface area contributed by atoms with E-state index in [1.165, 1.54) is 38.5 Å². The second-order valence-electron chi connectivity index (χ2n) is 6.10. The van der Waals surface area contributed by atoms with E-state index in [9.17, 15) is 4.39 Å². The van der Waals surface area contributed by atoms with Crippen LogP contribution in [0.4, 0.5) is 15.9 Å². The van der Waals surface area contributed by atoms with Crippen molar-refractivity contribution in [3.63, 3.8) is 0 Å². The fraction of sp³-hybridized carbons (Fsp3) is 0.389. The highest BCUT2D eigenvalue weighted by Gasteiger charge is 2.20. The number of ether oxygens (including phenoxy) is 1. The second kappa shape index (κ2) is 7.26. The quantitative estimate of drug-likeness (QED) is 0.709. The Morgan fingerprint density at radius 3 is 2.88 bits per heavy atom. The molecule has 3 N–H and O–H groups in total. The van der Waals surface area contributed by atoms with Gasteiger partial charge in [-0.1, -0.05) is 24.4 Å². The van der Waals surface area contributed by atoms with Crippen molar-refractivity contribution in [3.05, 3.63) is 35.2 Å². The Labute approximate surface area is 146 Å². The van der Waals surface area contributed by atoms with Crippen LogP contribution < -0.4 is 15.8 Å². The molecule has 0 aliphatic heterocycles. The van der Waals surface area contributed by atoms with Gasteiger partial charge >= 0.3 is 0 Å². The molecular formula is C18H21ClFN3O. The summed E-state index contributed by atoms with van der Waals surface area (Å²) in [6.45, 7) is 0.821. The lowest BCUT2D eigenvalue weighted by molar-refractivity contribution is 0.386. The molecule has 1 heterocycles. The van der Waals surface area contributed by atoms with Crippen LogP contribution >= 0.6 is 11.6 Å². The summed E-state index contributed by atoms with van der Waals surface area (Å²) in [5, 5.41) is 3.65. The first kappa shape index (κ1) is 16.8. The first-order chi connectivity index (χ1) is 11.6. The molecule has 3 rings (SSSR count). The van der Waals surface area contributed by atoms with Crippen molar-refractivity contribution >= 4 is 23.1 Å². The molecule has 0 unspecified atom stereocenters. The number of nitrogens with two attached hydrogens (primary N) is 1. The summed E-state index contributed by atoms with van der Waals surface area (Å²) in [5.74, 6) is 1.14. The van der Waals surface area contributed by atoms with E-state index in [2.05, 4.69) is 10.3 Å². The molecule has 1 aliphatic rings. The highest BCUT2D eigenvalue weighted by atomic mass is 35.5. The highest BCUT2D eigenvalue weighted by Crippen LogP contribution is 2.38. The molecule has 1 aliphatic carbocycles. The van der Waals surface area contributed by atoms with Crippen LogP contribution in [0, 0.1) is 11.7 Å². The number of nitrogens with one attached hydrogen (secondary N) is 1. The van der Waals surface area contributed by atoms with Crippen molar-refractivity contribution in [1.29, 1.82) is 0 Å². The largest absolute Gasteiger partial charge is 0.494 e. The third kappa shape index (κ3) is 3.73. The van der Waals surface area contributed by atoms with Crippen molar-refractivity contribution in [2.45, 2.75) is 25.7 Å². The summed E-state index contributed by atoms with van der Waals surface area (Å²) in [5.41, 5.74) is 7.87. The van der Waals surface area contributed by atoms with Crippen molar-refractivity contribution in [2.75, 3.05) is 24.7 Å². The monoisotopic (exact) mass is 349 g/mol. The third-order valence-corrected chi connectivity index (χ3v) is 4.61. The molecule has 0 saturated heterocycles. The Morgan fingerprint density at radius 1 is 1.38 bits per heavy atom. The van der Waals surface area contributed by atoms with Crippen LogP contribution in [0.15, 0.2) is 24.4 Å². The van der Waals surface area contributed by atoms with Crippen LogP contribution in [-0.2, 0) is 0 Å². The van der Waals surface area contributed by atoms with Gasteiger partial charge < -0.3 is 15.8 Å². The number of nitrogen functional groups attached to an aromatic ring is 1. The molecule has 0 radical (unpaired) electrons. The zero-order chi connectivity index (χ0) is 17.1. The molecule has 1 saturated carbocycles. The fourth-order valence-electron chi connectivity index (χ4n) is 2.74. The van der Waals surface area contributed by atoms with E-state index < -0.39 is 5.82 Å². The van der Waals surface area contributed by atoms with Gasteiger partial charge in [0.1, 0.15) is 5.82 Å². The maximum atomic E-state index is 14.0. The number of rotatable bonds is 7. The van der Waals surface area contributed by atoms with Gasteiger partial charge in [0.05, 0.1) is 17.8 Å². The van der Waals surface area contributed by atoms with Gasteiger partial charge in [-0.15, -0.1) is 0 Å². The summed E-state index contributed by atoms with van der Waals surface area (Å²) < 4.78 is 19.0. The number of hydrogen-bond donors (Lipinski definition) is 2. The van der Waals surface area contributed by atoms with Gasteiger partial charge in [-0.05, 0) is 30.9 Å². The van der Waals surface area contributed by atoms with Gasteiger partial charge in [-0.2, -0.15) is 0 Å². The number of hydrogen-bond acceptors (Lipinski definition) is 4. The van der Waals surface area contributed by atoms with E-state index in [0.29, 0.717) is 27.7 Å². The maximum absolute atomic E-state index is 14.0. The van der Waals surface area contributed by atoms with Gasteiger partial charge in [0, 0.05) is 29.9 Å². The minimum Gasteiger partial charge on any atom is -0.494 e. The number of pyridine rings is 1. The first-order valence-corrected chi connectivity index (χ1v) is 8.49. The Kier molecular flexibility index (Phi) is 5.09. The van der Waals surface area contributed by atoms with Gasteiger partial charge in [0.2, 0.25) is 0 Å². The molecule has 1 aromatic heterocycles.